The molecule has 0 spiro atoms. The molecule has 2 rings (SSSR count). The first kappa shape index (κ1) is 14.8. The van der Waals surface area contributed by atoms with E-state index in [0.717, 1.165) is 65.0 Å². The highest BCUT2D eigenvalue weighted by Gasteiger charge is 2.38. The van der Waals surface area contributed by atoms with Gasteiger partial charge in [-0.3, -0.25) is 4.79 Å². The van der Waals surface area contributed by atoms with Crippen molar-refractivity contribution in [2.24, 2.45) is 11.3 Å². The lowest BCUT2D eigenvalue weighted by Gasteiger charge is -2.36. The summed E-state index contributed by atoms with van der Waals surface area (Å²) in [5.74, 6) is 0.791. The first-order chi connectivity index (χ1) is 9.27. The summed E-state index contributed by atoms with van der Waals surface area (Å²) in [6, 6.07) is 0. The fraction of sp³-hybridized carbons (Fsp3) is 0.933. The zero-order valence-electron chi connectivity index (χ0n) is 12.2. The van der Waals surface area contributed by atoms with Crippen LogP contribution in [0, 0.1) is 11.3 Å². The molecule has 4 nitrogen and oxygen atoms in total. The highest BCUT2D eigenvalue weighted by Crippen LogP contribution is 2.34. The van der Waals surface area contributed by atoms with Gasteiger partial charge in [0.15, 0.2) is 0 Å². The Morgan fingerprint density at radius 3 is 2.84 bits per heavy atom. The lowest BCUT2D eigenvalue weighted by molar-refractivity contribution is -0.133. The van der Waals surface area contributed by atoms with Gasteiger partial charge in [-0.15, -0.1) is 0 Å². The fourth-order valence-electron chi connectivity index (χ4n) is 3.37. The summed E-state index contributed by atoms with van der Waals surface area (Å²) in [5, 5.41) is 6.56. The molecule has 1 unspecified atom stereocenters. The maximum atomic E-state index is 12.6. The summed E-state index contributed by atoms with van der Waals surface area (Å²) in [5.41, 5.74) is -0.116. The molecule has 2 aliphatic rings. The Kier molecular flexibility index (Phi) is 5.64. The number of hydrogen-bond acceptors (Lipinski definition) is 3. The number of nitrogens with one attached hydrogen (secondary N) is 2. The number of hydrogen-bond donors (Lipinski definition) is 2. The molecule has 0 aromatic carbocycles. The molecular weight excluding hydrogens is 240 g/mol. The predicted octanol–water partition coefficient (Wildman–Crippen LogP) is 1.70. The van der Waals surface area contributed by atoms with Crippen LogP contribution >= 0.6 is 0 Å². The molecule has 4 heteroatoms. The molecule has 2 aliphatic heterocycles. The van der Waals surface area contributed by atoms with E-state index < -0.39 is 0 Å². The predicted molar refractivity (Wildman–Crippen MR) is 76.0 cm³/mol. The summed E-state index contributed by atoms with van der Waals surface area (Å²) in [6.07, 6.45) is 6.37. The molecular formula is C15H28N2O2. The highest BCUT2D eigenvalue weighted by molar-refractivity contribution is 5.82. The van der Waals surface area contributed by atoms with Crippen LogP contribution in [-0.4, -0.2) is 38.8 Å². The van der Waals surface area contributed by atoms with Gasteiger partial charge in [0.1, 0.15) is 0 Å². The maximum Gasteiger partial charge on any atom is 0.226 e. The zero-order chi connectivity index (χ0) is 13.6. The van der Waals surface area contributed by atoms with Crippen LogP contribution in [0.1, 0.15) is 45.4 Å². The van der Waals surface area contributed by atoms with Crippen LogP contribution in [0.15, 0.2) is 0 Å². The van der Waals surface area contributed by atoms with E-state index in [0.29, 0.717) is 5.92 Å². The van der Waals surface area contributed by atoms with Gasteiger partial charge in [-0.05, 0) is 51.1 Å². The molecule has 110 valence electrons. The molecule has 0 aliphatic carbocycles. The van der Waals surface area contributed by atoms with Crippen molar-refractivity contribution in [1.29, 1.82) is 0 Å². The molecule has 1 atom stereocenters. The quantitative estimate of drug-likeness (QED) is 0.798. The second kappa shape index (κ2) is 7.25. The average molecular weight is 268 g/mol. The number of carbonyl (C=O) groups is 1. The van der Waals surface area contributed by atoms with E-state index in [4.69, 9.17) is 4.74 Å². The van der Waals surface area contributed by atoms with Gasteiger partial charge in [-0.1, -0.05) is 13.3 Å². The molecule has 1 amide bonds. The van der Waals surface area contributed by atoms with Crippen molar-refractivity contribution < 1.29 is 9.53 Å². The molecule has 2 heterocycles. The summed E-state index contributed by atoms with van der Waals surface area (Å²) >= 11 is 0. The van der Waals surface area contributed by atoms with Gasteiger partial charge >= 0.3 is 0 Å². The number of piperidine rings is 1. The lowest BCUT2D eigenvalue weighted by atomic mass is 9.74. The van der Waals surface area contributed by atoms with Gasteiger partial charge in [0.05, 0.1) is 12.0 Å². The Labute approximate surface area is 116 Å². The third kappa shape index (κ3) is 3.93. The van der Waals surface area contributed by atoms with Gasteiger partial charge in [-0.2, -0.15) is 0 Å². The van der Waals surface area contributed by atoms with Crippen molar-refractivity contribution >= 4 is 5.91 Å². The minimum absolute atomic E-state index is 0.116. The second-order valence-corrected chi connectivity index (χ2v) is 6.07. The molecule has 0 bridgehead atoms. The monoisotopic (exact) mass is 268 g/mol. The van der Waals surface area contributed by atoms with Gasteiger partial charge < -0.3 is 15.4 Å². The lowest BCUT2D eigenvalue weighted by Crippen LogP contribution is -2.49. The normalized spacial score (nSPS) is 26.9. The molecule has 19 heavy (non-hydrogen) atoms. The van der Waals surface area contributed by atoms with Crippen molar-refractivity contribution in [1.82, 2.24) is 10.6 Å². The van der Waals surface area contributed by atoms with Crippen LogP contribution in [0.2, 0.25) is 0 Å². The Bertz CT molecular complexity index is 276. The first-order valence-corrected chi connectivity index (χ1v) is 7.83. The number of carbonyl (C=O) groups excluding carboxylic acids is 1. The Hall–Kier alpha value is -0.610. The van der Waals surface area contributed by atoms with E-state index in [1.54, 1.807) is 0 Å². The molecule has 2 fully saturated rings. The van der Waals surface area contributed by atoms with Crippen LogP contribution in [0.4, 0.5) is 0 Å². The molecule has 0 aromatic rings. The third-order valence-corrected chi connectivity index (χ3v) is 4.58. The van der Waals surface area contributed by atoms with E-state index in [9.17, 15) is 4.79 Å². The topological polar surface area (TPSA) is 50.4 Å². The van der Waals surface area contributed by atoms with Gasteiger partial charge in [0.25, 0.3) is 0 Å². The first-order valence-electron chi connectivity index (χ1n) is 7.83. The van der Waals surface area contributed by atoms with Crippen molar-refractivity contribution in [3.05, 3.63) is 0 Å². The molecule has 0 radical (unpaired) electrons. The van der Waals surface area contributed by atoms with E-state index in [1.165, 1.54) is 6.42 Å². The fourth-order valence-corrected chi connectivity index (χ4v) is 3.37. The third-order valence-electron chi connectivity index (χ3n) is 4.58. The van der Waals surface area contributed by atoms with Crippen LogP contribution < -0.4 is 10.6 Å². The van der Waals surface area contributed by atoms with Crippen molar-refractivity contribution in [2.75, 3.05) is 32.8 Å². The maximum absolute atomic E-state index is 12.6. The van der Waals surface area contributed by atoms with E-state index >= 15 is 0 Å². The average Bonchev–Trinajstić information content (AvgIpc) is 2.47. The van der Waals surface area contributed by atoms with Crippen molar-refractivity contribution in [3.8, 4) is 0 Å². The molecule has 2 N–H and O–H groups in total. The largest absolute Gasteiger partial charge is 0.381 e. The SMILES string of the molecule is CCCC1(C(=O)NCC2CCCOC2)CCNCC1. The van der Waals surface area contributed by atoms with Crippen LogP contribution in [0.3, 0.4) is 0 Å². The summed E-state index contributed by atoms with van der Waals surface area (Å²) < 4.78 is 5.47. The minimum atomic E-state index is -0.116. The second-order valence-electron chi connectivity index (χ2n) is 6.07. The summed E-state index contributed by atoms with van der Waals surface area (Å²) in [6.45, 7) is 6.60. The molecule has 0 saturated carbocycles. The van der Waals surface area contributed by atoms with Crippen LogP contribution in [-0.2, 0) is 9.53 Å². The number of rotatable bonds is 5. The highest BCUT2D eigenvalue weighted by atomic mass is 16.5. The summed E-state index contributed by atoms with van der Waals surface area (Å²) in [7, 11) is 0. The number of amides is 1. The van der Waals surface area contributed by atoms with E-state index in [-0.39, 0.29) is 11.3 Å². The van der Waals surface area contributed by atoms with Crippen LogP contribution in [0.5, 0.6) is 0 Å². The molecule has 0 aromatic heterocycles. The number of ether oxygens (including phenoxy) is 1. The Morgan fingerprint density at radius 2 is 2.21 bits per heavy atom. The van der Waals surface area contributed by atoms with Crippen LogP contribution in [0.25, 0.3) is 0 Å². The van der Waals surface area contributed by atoms with E-state index in [1.807, 2.05) is 0 Å². The van der Waals surface area contributed by atoms with Crippen molar-refractivity contribution in [2.45, 2.75) is 45.4 Å². The smallest absolute Gasteiger partial charge is 0.226 e. The standard InChI is InChI=1S/C15H28N2O2/c1-2-5-15(6-8-16-9-7-15)14(18)17-11-13-4-3-10-19-12-13/h13,16H,2-12H2,1H3,(H,17,18). The van der Waals surface area contributed by atoms with Gasteiger partial charge in [-0.25, -0.2) is 0 Å². The van der Waals surface area contributed by atoms with Gasteiger partial charge in [0.2, 0.25) is 5.91 Å². The minimum Gasteiger partial charge on any atom is -0.381 e. The Morgan fingerprint density at radius 1 is 1.42 bits per heavy atom. The van der Waals surface area contributed by atoms with E-state index in [2.05, 4.69) is 17.6 Å². The molecule has 2 saturated heterocycles. The van der Waals surface area contributed by atoms with Gasteiger partial charge in [0, 0.05) is 13.2 Å². The van der Waals surface area contributed by atoms with Crippen molar-refractivity contribution in [3.63, 3.8) is 0 Å². The Balaban J connectivity index is 1.84. The zero-order valence-corrected chi connectivity index (χ0v) is 12.2. The summed E-state index contributed by atoms with van der Waals surface area (Å²) in [4.78, 5) is 12.6.